The van der Waals surface area contributed by atoms with Gasteiger partial charge in [0.05, 0.1) is 17.1 Å². The Morgan fingerprint density at radius 2 is 2.11 bits per heavy atom. The molecule has 0 saturated carbocycles. The first-order chi connectivity index (χ1) is 8.54. The monoisotopic (exact) mass is 264 g/mol. The Morgan fingerprint density at radius 3 is 2.78 bits per heavy atom. The fourth-order valence-electron chi connectivity index (χ4n) is 1.42. The van der Waals surface area contributed by atoms with Crippen molar-refractivity contribution in [3.63, 3.8) is 0 Å². The molecule has 0 radical (unpaired) electrons. The molecule has 0 saturated heterocycles. The van der Waals surface area contributed by atoms with Crippen LogP contribution >= 0.6 is 11.6 Å². The predicted molar refractivity (Wildman–Crippen MR) is 70.0 cm³/mol. The minimum absolute atomic E-state index is 0.0775. The summed E-state index contributed by atoms with van der Waals surface area (Å²) in [7, 11) is 0. The van der Waals surface area contributed by atoms with Crippen molar-refractivity contribution in [3.8, 4) is 0 Å². The topological polar surface area (TPSA) is 94.1 Å². The number of pyridine rings is 1. The van der Waals surface area contributed by atoms with Gasteiger partial charge < -0.3 is 11.1 Å². The summed E-state index contributed by atoms with van der Waals surface area (Å²) in [6.45, 7) is 0. The number of rotatable bonds is 3. The van der Waals surface area contributed by atoms with E-state index in [0.717, 1.165) is 0 Å². The van der Waals surface area contributed by atoms with Crippen molar-refractivity contribution in [3.05, 3.63) is 51.5 Å². The van der Waals surface area contributed by atoms with Gasteiger partial charge in [-0.3, -0.25) is 10.1 Å². The molecular formula is C11H9ClN4O2. The van der Waals surface area contributed by atoms with E-state index in [-0.39, 0.29) is 11.5 Å². The SMILES string of the molecule is Nc1cc([N+](=O)[O-])cc(Nc2cccc(Cl)c2)n1. The third-order valence-electron chi connectivity index (χ3n) is 2.14. The van der Waals surface area contributed by atoms with Gasteiger partial charge in [0.1, 0.15) is 11.6 Å². The highest BCUT2D eigenvalue weighted by Gasteiger charge is 2.09. The summed E-state index contributed by atoms with van der Waals surface area (Å²) in [5.41, 5.74) is 6.06. The molecule has 1 aromatic heterocycles. The smallest absolute Gasteiger partial charge is 0.276 e. The van der Waals surface area contributed by atoms with Crippen LogP contribution in [-0.4, -0.2) is 9.91 Å². The zero-order chi connectivity index (χ0) is 13.1. The van der Waals surface area contributed by atoms with Gasteiger partial charge >= 0.3 is 0 Å². The van der Waals surface area contributed by atoms with Gasteiger partial charge in [-0.2, -0.15) is 0 Å². The van der Waals surface area contributed by atoms with Gasteiger partial charge in [-0.15, -0.1) is 0 Å². The average molecular weight is 265 g/mol. The van der Waals surface area contributed by atoms with E-state index in [1.807, 2.05) is 0 Å². The van der Waals surface area contributed by atoms with Crippen LogP contribution in [0.3, 0.4) is 0 Å². The first-order valence-corrected chi connectivity index (χ1v) is 5.37. The highest BCUT2D eigenvalue weighted by Crippen LogP contribution is 2.23. The van der Waals surface area contributed by atoms with E-state index in [0.29, 0.717) is 16.5 Å². The van der Waals surface area contributed by atoms with Gasteiger partial charge in [-0.25, -0.2) is 4.98 Å². The summed E-state index contributed by atoms with van der Waals surface area (Å²) in [6.07, 6.45) is 0. The Hall–Kier alpha value is -2.34. The van der Waals surface area contributed by atoms with Crippen LogP contribution in [0.4, 0.5) is 23.0 Å². The van der Waals surface area contributed by atoms with Gasteiger partial charge in [0.25, 0.3) is 5.69 Å². The fraction of sp³-hybridized carbons (Fsp3) is 0. The minimum Gasteiger partial charge on any atom is -0.383 e. The third-order valence-corrected chi connectivity index (χ3v) is 2.37. The van der Waals surface area contributed by atoms with Crippen molar-refractivity contribution in [2.45, 2.75) is 0 Å². The highest BCUT2D eigenvalue weighted by atomic mass is 35.5. The third kappa shape index (κ3) is 2.86. The number of nitro groups is 1. The number of nitrogens with zero attached hydrogens (tertiary/aromatic N) is 2. The molecule has 2 rings (SSSR count). The zero-order valence-corrected chi connectivity index (χ0v) is 9.89. The number of nitrogens with two attached hydrogens (primary N) is 1. The molecule has 0 aliphatic rings. The van der Waals surface area contributed by atoms with Crippen molar-refractivity contribution >= 4 is 34.6 Å². The van der Waals surface area contributed by atoms with Gasteiger partial charge in [0.2, 0.25) is 0 Å². The van der Waals surface area contributed by atoms with Crippen LogP contribution in [0, 0.1) is 10.1 Å². The number of benzene rings is 1. The van der Waals surface area contributed by atoms with E-state index in [1.165, 1.54) is 12.1 Å². The van der Waals surface area contributed by atoms with Gasteiger partial charge in [0.15, 0.2) is 0 Å². The lowest BCUT2D eigenvalue weighted by Gasteiger charge is -2.06. The average Bonchev–Trinajstić information content (AvgIpc) is 2.28. The van der Waals surface area contributed by atoms with E-state index in [4.69, 9.17) is 17.3 Å². The molecule has 18 heavy (non-hydrogen) atoms. The molecular weight excluding hydrogens is 256 g/mol. The van der Waals surface area contributed by atoms with Gasteiger partial charge in [0, 0.05) is 10.7 Å². The highest BCUT2D eigenvalue weighted by molar-refractivity contribution is 6.30. The van der Waals surface area contributed by atoms with Gasteiger partial charge in [-0.05, 0) is 18.2 Å². The second-order valence-electron chi connectivity index (χ2n) is 3.53. The molecule has 0 amide bonds. The number of nitrogen functional groups attached to an aromatic ring is 1. The maximum atomic E-state index is 10.7. The van der Waals surface area contributed by atoms with Crippen LogP contribution in [0.5, 0.6) is 0 Å². The molecule has 6 nitrogen and oxygen atoms in total. The first-order valence-electron chi connectivity index (χ1n) is 4.99. The van der Waals surface area contributed by atoms with E-state index in [2.05, 4.69) is 10.3 Å². The fourth-order valence-corrected chi connectivity index (χ4v) is 1.61. The van der Waals surface area contributed by atoms with Crippen LogP contribution < -0.4 is 11.1 Å². The molecule has 0 atom stereocenters. The van der Waals surface area contributed by atoms with Crippen molar-refractivity contribution in [2.75, 3.05) is 11.1 Å². The largest absolute Gasteiger partial charge is 0.383 e. The van der Waals surface area contributed by atoms with Gasteiger partial charge in [-0.1, -0.05) is 17.7 Å². The Kier molecular flexibility index (Phi) is 3.29. The molecule has 2 aromatic rings. The van der Waals surface area contributed by atoms with Crippen molar-refractivity contribution in [1.82, 2.24) is 4.98 Å². The Labute approximate surface area is 108 Å². The summed E-state index contributed by atoms with van der Waals surface area (Å²) in [4.78, 5) is 14.1. The van der Waals surface area contributed by atoms with Crippen molar-refractivity contribution < 1.29 is 4.92 Å². The molecule has 0 spiro atoms. The Morgan fingerprint density at radius 1 is 1.33 bits per heavy atom. The lowest BCUT2D eigenvalue weighted by Crippen LogP contribution is -1.99. The molecule has 7 heteroatoms. The number of anilines is 3. The summed E-state index contributed by atoms with van der Waals surface area (Å²) in [5.74, 6) is 0.373. The number of nitrogens with one attached hydrogen (secondary N) is 1. The number of aromatic nitrogens is 1. The molecule has 3 N–H and O–H groups in total. The summed E-state index contributed by atoms with van der Waals surface area (Å²) >= 11 is 5.83. The van der Waals surface area contributed by atoms with Crippen molar-refractivity contribution in [1.29, 1.82) is 0 Å². The lowest BCUT2D eigenvalue weighted by molar-refractivity contribution is -0.384. The van der Waals surface area contributed by atoms with Crippen LogP contribution in [0.1, 0.15) is 0 Å². The predicted octanol–water partition coefficient (Wildman–Crippen LogP) is 2.97. The molecule has 0 bridgehead atoms. The van der Waals surface area contributed by atoms with Crippen LogP contribution in [0.2, 0.25) is 5.02 Å². The van der Waals surface area contributed by atoms with Crippen LogP contribution in [-0.2, 0) is 0 Å². The number of halogens is 1. The molecule has 1 heterocycles. The normalized spacial score (nSPS) is 10.1. The summed E-state index contributed by atoms with van der Waals surface area (Å²) < 4.78 is 0. The van der Waals surface area contributed by atoms with E-state index >= 15 is 0 Å². The van der Waals surface area contributed by atoms with Crippen molar-refractivity contribution in [2.24, 2.45) is 0 Å². The Balaban J connectivity index is 2.31. The summed E-state index contributed by atoms with van der Waals surface area (Å²) in [5, 5.41) is 14.1. The molecule has 1 aromatic carbocycles. The second-order valence-corrected chi connectivity index (χ2v) is 3.96. The molecule has 0 aliphatic heterocycles. The number of hydrogen-bond acceptors (Lipinski definition) is 5. The molecule has 0 fully saturated rings. The van der Waals surface area contributed by atoms with E-state index < -0.39 is 4.92 Å². The van der Waals surface area contributed by atoms with Crippen LogP contribution in [0.15, 0.2) is 36.4 Å². The molecule has 92 valence electrons. The first kappa shape index (κ1) is 12.1. The minimum atomic E-state index is -0.527. The van der Waals surface area contributed by atoms with Crippen LogP contribution in [0.25, 0.3) is 0 Å². The maximum Gasteiger partial charge on any atom is 0.276 e. The Bertz CT molecular complexity index is 603. The molecule has 0 aliphatic carbocycles. The number of hydrogen-bond donors (Lipinski definition) is 2. The molecule has 0 unspecified atom stereocenters. The quantitative estimate of drug-likeness (QED) is 0.656. The van der Waals surface area contributed by atoms with E-state index in [9.17, 15) is 10.1 Å². The second kappa shape index (κ2) is 4.89. The standard InChI is InChI=1S/C11H9ClN4O2/c12-7-2-1-3-8(4-7)14-11-6-9(16(17)18)5-10(13)15-11/h1-6H,(H3,13,14,15). The maximum absolute atomic E-state index is 10.7. The van der Waals surface area contributed by atoms with E-state index in [1.54, 1.807) is 24.3 Å². The summed E-state index contributed by atoms with van der Waals surface area (Å²) in [6, 6.07) is 9.43. The zero-order valence-electron chi connectivity index (χ0n) is 9.13. The lowest BCUT2D eigenvalue weighted by atomic mass is 10.3.